The summed E-state index contributed by atoms with van der Waals surface area (Å²) in [6.45, 7) is 7.66. The highest BCUT2D eigenvalue weighted by molar-refractivity contribution is 5.98. The average molecular weight is 344 g/mol. The summed E-state index contributed by atoms with van der Waals surface area (Å²) in [6.07, 6.45) is 11.9. The van der Waals surface area contributed by atoms with Crippen LogP contribution in [0.1, 0.15) is 72.1 Å². The van der Waals surface area contributed by atoms with Crippen LogP contribution >= 0.6 is 0 Å². The van der Waals surface area contributed by atoms with Crippen molar-refractivity contribution in [1.82, 2.24) is 0 Å². The van der Waals surface area contributed by atoms with Gasteiger partial charge in [-0.1, -0.05) is 32.8 Å². The molecular weight excluding hydrogens is 312 g/mol. The van der Waals surface area contributed by atoms with Crippen LogP contribution in [0.2, 0.25) is 0 Å². The van der Waals surface area contributed by atoms with Crippen molar-refractivity contribution in [3.63, 3.8) is 0 Å². The van der Waals surface area contributed by atoms with E-state index in [0.717, 1.165) is 30.6 Å². The second kappa shape index (κ2) is 5.19. The summed E-state index contributed by atoms with van der Waals surface area (Å²) in [5, 5.41) is 0. The molecular formula is C22H32O3. The van der Waals surface area contributed by atoms with Crippen molar-refractivity contribution in [3.8, 4) is 0 Å². The number of fused-ring (bicyclic) bond motifs is 5. The Hall–Kier alpha value is -0.670. The standard InChI is InChI=1S/C22H32O3/c1-4-14-6-8-17-16-7-5-15-11-19(23)22(24-13-25-22)12-21(15,3)18(16)9-10-20(14,17)2/h11,14,16-18H,4-10,12-13H2,1-3H3/t14-,16-,17-,18-,20+,21-/m0/s1. The van der Waals surface area contributed by atoms with Gasteiger partial charge in [-0.25, -0.2) is 0 Å². The lowest BCUT2D eigenvalue weighted by atomic mass is 9.46. The monoisotopic (exact) mass is 344 g/mol. The van der Waals surface area contributed by atoms with Gasteiger partial charge in [0.15, 0.2) is 6.79 Å². The van der Waals surface area contributed by atoms with Gasteiger partial charge in [0, 0.05) is 6.42 Å². The van der Waals surface area contributed by atoms with Gasteiger partial charge in [0.05, 0.1) is 0 Å². The zero-order chi connectivity index (χ0) is 17.4. The lowest BCUT2D eigenvalue weighted by molar-refractivity contribution is -0.383. The Labute approximate surface area is 151 Å². The largest absolute Gasteiger partial charge is 0.316 e. The fraction of sp³-hybridized carbons (Fsp3) is 0.864. The molecule has 3 nitrogen and oxygen atoms in total. The molecule has 0 aromatic carbocycles. The Morgan fingerprint density at radius 3 is 2.60 bits per heavy atom. The topological polar surface area (TPSA) is 35.5 Å². The maximum Gasteiger partial charge on any atom is 0.237 e. The minimum absolute atomic E-state index is 0.0530. The number of hydrogen-bond acceptors (Lipinski definition) is 3. The van der Waals surface area contributed by atoms with E-state index in [1.54, 1.807) is 0 Å². The Balaban J connectivity index is 1.50. The molecule has 1 saturated heterocycles. The molecule has 0 unspecified atom stereocenters. The third-order valence-electron chi connectivity index (χ3n) is 9.29. The van der Waals surface area contributed by atoms with E-state index in [2.05, 4.69) is 20.8 Å². The molecule has 0 N–H and O–H groups in total. The van der Waals surface area contributed by atoms with Gasteiger partial charge in [0.1, 0.15) is 0 Å². The maximum atomic E-state index is 12.5. The molecule has 3 heteroatoms. The average Bonchev–Trinajstić information content (AvgIpc) is 2.89. The van der Waals surface area contributed by atoms with Crippen molar-refractivity contribution in [1.29, 1.82) is 0 Å². The fourth-order valence-corrected chi connectivity index (χ4v) is 7.87. The van der Waals surface area contributed by atoms with E-state index in [1.807, 2.05) is 6.08 Å². The van der Waals surface area contributed by atoms with Gasteiger partial charge in [-0.2, -0.15) is 0 Å². The highest BCUT2D eigenvalue weighted by atomic mass is 16.9. The normalized spacial score (nSPS) is 50.5. The Morgan fingerprint density at radius 2 is 1.92 bits per heavy atom. The first-order chi connectivity index (χ1) is 11.9. The summed E-state index contributed by atoms with van der Waals surface area (Å²) in [5.41, 5.74) is 2.03. The SMILES string of the molecule is CC[C@H]1CC[C@H]2[C@@H]3CCC4=CC(=O)C5(C[C@]4(C)[C@H]3CC[C@]12C)OCO5. The van der Waals surface area contributed by atoms with Gasteiger partial charge in [0.2, 0.25) is 11.6 Å². The van der Waals surface area contributed by atoms with Crippen molar-refractivity contribution in [2.45, 2.75) is 77.9 Å². The minimum Gasteiger partial charge on any atom is -0.316 e. The summed E-state index contributed by atoms with van der Waals surface area (Å²) in [7, 11) is 0. The van der Waals surface area contributed by atoms with Crippen molar-refractivity contribution < 1.29 is 14.3 Å². The molecule has 4 aliphatic carbocycles. The predicted octanol–water partition coefficient (Wildman–Crippen LogP) is 4.86. The molecule has 0 aromatic heterocycles. The van der Waals surface area contributed by atoms with Gasteiger partial charge in [-0.3, -0.25) is 4.79 Å². The number of carbonyl (C=O) groups excluding carboxylic acids is 1. The highest BCUT2D eigenvalue weighted by Gasteiger charge is 2.63. The Kier molecular flexibility index (Phi) is 3.43. The van der Waals surface area contributed by atoms with Crippen LogP contribution in [0.15, 0.2) is 11.6 Å². The summed E-state index contributed by atoms with van der Waals surface area (Å²) in [4.78, 5) is 12.5. The minimum atomic E-state index is -0.942. The van der Waals surface area contributed by atoms with Gasteiger partial charge < -0.3 is 9.47 Å². The van der Waals surface area contributed by atoms with Crippen molar-refractivity contribution >= 4 is 5.78 Å². The summed E-state index contributed by atoms with van der Waals surface area (Å²) in [6, 6.07) is 0. The lowest BCUT2D eigenvalue weighted by Gasteiger charge is -2.60. The maximum absolute atomic E-state index is 12.5. The second-order valence-corrected chi connectivity index (χ2v) is 9.93. The van der Waals surface area contributed by atoms with Crippen molar-refractivity contribution in [2.24, 2.45) is 34.5 Å². The van der Waals surface area contributed by atoms with Gasteiger partial charge in [-0.05, 0) is 79.1 Å². The first-order valence-corrected chi connectivity index (χ1v) is 10.5. The Morgan fingerprint density at radius 1 is 1.12 bits per heavy atom. The molecule has 0 aromatic rings. The second-order valence-electron chi connectivity index (χ2n) is 9.93. The molecule has 5 aliphatic rings. The molecule has 1 spiro atoms. The van der Waals surface area contributed by atoms with E-state index in [1.165, 1.54) is 44.1 Å². The van der Waals surface area contributed by atoms with Crippen LogP contribution in [0, 0.1) is 34.5 Å². The molecule has 0 radical (unpaired) electrons. The van der Waals surface area contributed by atoms with Gasteiger partial charge in [-0.15, -0.1) is 0 Å². The van der Waals surface area contributed by atoms with Crippen LogP contribution in [0.5, 0.6) is 0 Å². The van der Waals surface area contributed by atoms with E-state index in [-0.39, 0.29) is 18.0 Å². The van der Waals surface area contributed by atoms with E-state index in [9.17, 15) is 4.79 Å². The molecule has 5 rings (SSSR count). The zero-order valence-corrected chi connectivity index (χ0v) is 16.0. The molecule has 138 valence electrons. The zero-order valence-electron chi connectivity index (χ0n) is 16.0. The smallest absolute Gasteiger partial charge is 0.237 e. The van der Waals surface area contributed by atoms with Crippen LogP contribution in [-0.4, -0.2) is 18.4 Å². The Bertz CT molecular complexity index is 633. The molecule has 25 heavy (non-hydrogen) atoms. The number of allylic oxidation sites excluding steroid dienone is 1. The van der Waals surface area contributed by atoms with E-state index in [4.69, 9.17) is 9.47 Å². The third-order valence-corrected chi connectivity index (χ3v) is 9.29. The van der Waals surface area contributed by atoms with E-state index in [0.29, 0.717) is 11.3 Å². The van der Waals surface area contributed by atoms with E-state index >= 15 is 0 Å². The lowest BCUT2D eigenvalue weighted by Crippen LogP contribution is -2.61. The molecule has 1 aliphatic heterocycles. The number of ether oxygens (including phenoxy) is 2. The molecule has 3 saturated carbocycles. The number of rotatable bonds is 1. The van der Waals surface area contributed by atoms with Crippen LogP contribution in [-0.2, 0) is 14.3 Å². The molecule has 4 fully saturated rings. The van der Waals surface area contributed by atoms with Crippen LogP contribution in [0.3, 0.4) is 0 Å². The summed E-state index contributed by atoms with van der Waals surface area (Å²) < 4.78 is 11.4. The number of hydrogen-bond donors (Lipinski definition) is 0. The third kappa shape index (κ3) is 1.97. The molecule has 0 amide bonds. The van der Waals surface area contributed by atoms with Crippen molar-refractivity contribution in [2.75, 3.05) is 6.79 Å². The predicted molar refractivity (Wildman–Crippen MR) is 95.6 cm³/mol. The summed E-state index contributed by atoms with van der Waals surface area (Å²) in [5.74, 6) is 2.42. The van der Waals surface area contributed by atoms with E-state index < -0.39 is 5.79 Å². The molecule has 1 heterocycles. The van der Waals surface area contributed by atoms with Crippen LogP contribution < -0.4 is 0 Å². The van der Waals surface area contributed by atoms with Gasteiger partial charge in [0.25, 0.3) is 0 Å². The first-order valence-electron chi connectivity index (χ1n) is 10.5. The quantitative estimate of drug-likeness (QED) is 0.682. The van der Waals surface area contributed by atoms with Crippen LogP contribution in [0.4, 0.5) is 0 Å². The first kappa shape index (κ1) is 16.5. The molecule has 6 atom stereocenters. The van der Waals surface area contributed by atoms with Crippen molar-refractivity contribution in [3.05, 3.63) is 11.6 Å². The molecule has 0 bridgehead atoms. The van der Waals surface area contributed by atoms with Crippen LogP contribution in [0.25, 0.3) is 0 Å². The highest BCUT2D eigenvalue weighted by Crippen LogP contribution is 2.67. The summed E-state index contributed by atoms with van der Waals surface area (Å²) >= 11 is 0. The fourth-order valence-electron chi connectivity index (χ4n) is 7.87. The number of carbonyl (C=O) groups is 1. The van der Waals surface area contributed by atoms with Gasteiger partial charge >= 0.3 is 0 Å². The number of ketones is 1.